The van der Waals surface area contributed by atoms with E-state index in [1.165, 1.54) is 24.8 Å². The minimum Gasteiger partial charge on any atom is -0.402 e. The first-order valence-corrected chi connectivity index (χ1v) is 4.00. The van der Waals surface area contributed by atoms with Crippen molar-refractivity contribution in [1.29, 1.82) is 0 Å². The van der Waals surface area contributed by atoms with Crippen molar-refractivity contribution >= 4 is 0 Å². The maximum absolute atomic E-state index is 5.94. The van der Waals surface area contributed by atoms with Crippen LogP contribution in [0.5, 0.6) is 0 Å². The highest BCUT2D eigenvalue weighted by Gasteiger charge is 2.25. The van der Waals surface area contributed by atoms with Crippen molar-refractivity contribution in [3.05, 3.63) is 11.3 Å². The van der Waals surface area contributed by atoms with Crippen LogP contribution in [0.3, 0.4) is 0 Å². The summed E-state index contributed by atoms with van der Waals surface area (Å²) in [5.41, 5.74) is 8.73. The van der Waals surface area contributed by atoms with Crippen LogP contribution >= 0.6 is 0 Å². The predicted molar refractivity (Wildman–Crippen MR) is 44.5 cm³/mol. The van der Waals surface area contributed by atoms with E-state index in [-0.39, 0.29) is 5.41 Å². The summed E-state index contributed by atoms with van der Waals surface area (Å²) in [5, 5.41) is 0. The van der Waals surface area contributed by atoms with Crippen LogP contribution in [0.2, 0.25) is 0 Å². The Balaban J connectivity index is 2.89. The molecule has 0 unspecified atom stereocenters. The quantitative estimate of drug-likeness (QED) is 0.548. The molecular weight excluding hydrogens is 122 g/mol. The van der Waals surface area contributed by atoms with Gasteiger partial charge in [-0.05, 0) is 26.2 Å². The number of hydrogen-bond acceptors (Lipinski definition) is 1. The molecule has 1 nitrogen and oxygen atoms in total. The van der Waals surface area contributed by atoms with Crippen molar-refractivity contribution in [2.24, 2.45) is 11.1 Å². The molecule has 1 heteroatoms. The Bertz CT molecular complexity index is 166. The SMILES string of the molecule is CC1=C(N)C(C)(C)CCC1. The second-order valence-electron chi connectivity index (χ2n) is 3.93. The first-order chi connectivity index (χ1) is 4.54. The van der Waals surface area contributed by atoms with E-state index in [4.69, 9.17) is 5.73 Å². The number of hydrogen-bond donors (Lipinski definition) is 1. The second-order valence-corrected chi connectivity index (χ2v) is 3.93. The number of allylic oxidation sites excluding steroid dienone is 2. The topological polar surface area (TPSA) is 26.0 Å². The van der Waals surface area contributed by atoms with Gasteiger partial charge in [-0.1, -0.05) is 19.4 Å². The Labute approximate surface area is 63.3 Å². The predicted octanol–water partition coefficient (Wildman–Crippen LogP) is 2.43. The standard InChI is InChI=1S/C9H17N/c1-7-5-4-6-9(2,3)8(7)10/h4-6,10H2,1-3H3. The van der Waals surface area contributed by atoms with Crippen LogP contribution in [0.4, 0.5) is 0 Å². The van der Waals surface area contributed by atoms with Gasteiger partial charge in [0.05, 0.1) is 0 Å². The molecule has 10 heavy (non-hydrogen) atoms. The first kappa shape index (κ1) is 7.64. The Morgan fingerprint density at radius 1 is 1.40 bits per heavy atom. The largest absolute Gasteiger partial charge is 0.402 e. The summed E-state index contributed by atoms with van der Waals surface area (Å²) in [6.07, 6.45) is 3.75. The fraction of sp³-hybridized carbons (Fsp3) is 0.778. The molecule has 0 aromatic heterocycles. The average Bonchev–Trinajstić information content (AvgIpc) is 1.83. The van der Waals surface area contributed by atoms with E-state index in [2.05, 4.69) is 20.8 Å². The van der Waals surface area contributed by atoms with E-state index in [9.17, 15) is 0 Å². The molecule has 0 radical (unpaired) electrons. The van der Waals surface area contributed by atoms with Crippen LogP contribution < -0.4 is 5.73 Å². The lowest BCUT2D eigenvalue weighted by molar-refractivity contribution is 0.363. The molecule has 0 bridgehead atoms. The third-order valence-electron chi connectivity index (χ3n) is 2.54. The van der Waals surface area contributed by atoms with Crippen molar-refractivity contribution in [1.82, 2.24) is 0 Å². The molecule has 1 aliphatic rings. The first-order valence-electron chi connectivity index (χ1n) is 4.00. The highest BCUT2D eigenvalue weighted by molar-refractivity contribution is 5.18. The highest BCUT2D eigenvalue weighted by atomic mass is 14.6. The van der Waals surface area contributed by atoms with Crippen molar-refractivity contribution in [3.8, 4) is 0 Å². The van der Waals surface area contributed by atoms with Crippen molar-refractivity contribution in [2.45, 2.75) is 40.0 Å². The van der Waals surface area contributed by atoms with Gasteiger partial charge in [0.1, 0.15) is 0 Å². The summed E-state index contributed by atoms with van der Waals surface area (Å²) in [6, 6.07) is 0. The normalized spacial score (nSPS) is 25.1. The lowest BCUT2D eigenvalue weighted by Crippen LogP contribution is -2.25. The summed E-state index contributed by atoms with van der Waals surface area (Å²) in [7, 11) is 0. The van der Waals surface area contributed by atoms with E-state index in [1.807, 2.05) is 0 Å². The summed E-state index contributed by atoms with van der Waals surface area (Å²) in [5.74, 6) is 0. The molecule has 0 atom stereocenters. The highest BCUT2D eigenvalue weighted by Crippen LogP contribution is 2.36. The summed E-state index contributed by atoms with van der Waals surface area (Å²) >= 11 is 0. The zero-order chi connectivity index (χ0) is 7.78. The Morgan fingerprint density at radius 2 is 2.00 bits per heavy atom. The van der Waals surface area contributed by atoms with E-state index >= 15 is 0 Å². The molecule has 58 valence electrons. The number of nitrogens with two attached hydrogens (primary N) is 1. The second kappa shape index (κ2) is 2.30. The van der Waals surface area contributed by atoms with Crippen LogP contribution in [0.1, 0.15) is 40.0 Å². The molecule has 0 spiro atoms. The van der Waals surface area contributed by atoms with Crippen LogP contribution in [0, 0.1) is 5.41 Å². The third-order valence-corrected chi connectivity index (χ3v) is 2.54. The molecule has 0 fully saturated rings. The van der Waals surface area contributed by atoms with Gasteiger partial charge in [0.2, 0.25) is 0 Å². The molecule has 1 rings (SSSR count). The van der Waals surface area contributed by atoms with Gasteiger partial charge in [-0.15, -0.1) is 0 Å². The molecule has 0 aromatic rings. The van der Waals surface area contributed by atoms with Crippen LogP contribution in [-0.4, -0.2) is 0 Å². The lowest BCUT2D eigenvalue weighted by atomic mass is 9.77. The minimum absolute atomic E-state index is 0.266. The van der Waals surface area contributed by atoms with E-state index in [0.29, 0.717) is 0 Å². The van der Waals surface area contributed by atoms with Gasteiger partial charge < -0.3 is 5.73 Å². The lowest BCUT2D eigenvalue weighted by Gasteiger charge is -2.31. The van der Waals surface area contributed by atoms with E-state index in [0.717, 1.165) is 5.70 Å². The van der Waals surface area contributed by atoms with Gasteiger partial charge in [-0.2, -0.15) is 0 Å². The molecule has 1 aliphatic carbocycles. The van der Waals surface area contributed by atoms with Crippen LogP contribution in [-0.2, 0) is 0 Å². The van der Waals surface area contributed by atoms with Gasteiger partial charge in [-0.25, -0.2) is 0 Å². The fourth-order valence-electron chi connectivity index (χ4n) is 1.64. The fourth-order valence-corrected chi connectivity index (χ4v) is 1.64. The molecule has 0 amide bonds. The van der Waals surface area contributed by atoms with Gasteiger partial charge in [0.15, 0.2) is 0 Å². The molecule has 2 N–H and O–H groups in total. The molecule has 0 aliphatic heterocycles. The summed E-state index contributed by atoms with van der Waals surface area (Å²) < 4.78 is 0. The van der Waals surface area contributed by atoms with Gasteiger partial charge in [0, 0.05) is 11.1 Å². The minimum atomic E-state index is 0.266. The molecular formula is C9H17N. The monoisotopic (exact) mass is 139 g/mol. The maximum atomic E-state index is 5.94. The molecule has 0 heterocycles. The zero-order valence-corrected chi connectivity index (χ0v) is 7.20. The summed E-state index contributed by atoms with van der Waals surface area (Å²) in [6.45, 7) is 6.60. The van der Waals surface area contributed by atoms with Crippen LogP contribution in [0.15, 0.2) is 11.3 Å². The van der Waals surface area contributed by atoms with Gasteiger partial charge in [-0.3, -0.25) is 0 Å². The van der Waals surface area contributed by atoms with Gasteiger partial charge in [0.25, 0.3) is 0 Å². The van der Waals surface area contributed by atoms with E-state index in [1.54, 1.807) is 0 Å². The number of rotatable bonds is 0. The Kier molecular flexibility index (Phi) is 1.76. The van der Waals surface area contributed by atoms with E-state index < -0.39 is 0 Å². The van der Waals surface area contributed by atoms with Crippen molar-refractivity contribution in [3.63, 3.8) is 0 Å². The Hall–Kier alpha value is -0.460. The average molecular weight is 139 g/mol. The zero-order valence-electron chi connectivity index (χ0n) is 7.20. The van der Waals surface area contributed by atoms with Crippen LogP contribution in [0.25, 0.3) is 0 Å². The maximum Gasteiger partial charge on any atom is 0.0127 e. The molecule has 0 saturated heterocycles. The smallest absolute Gasteiger partial charge is 0.0127 e. The van der Waals surface area contributed by atoms with Crippen molar-refractivity contribution in [2.75, 3.05) is 0 Å². The Morgan fingerprint density at radius 3 is 2.40 bits per heavy atom. The molecule has 0 aromatic carbocycles. The van der Waals surface area contributed by atoms with Crippen molar-refractivity contribution < 1.29 is 0 Å². The summed E-state index contributed by atoms with van der Waals surface area (Å²) in [4.78, 5) is 0. The van der Waals surface area contributed by atoms with Gasteiger partial charge >= 0.3 is 0 Å². The molecule has 0 saturated carbocycles. The third kappa shape index (κ3) is 1.18.